The van der Waals surface area contributed by atoms with E-state index in [-0.39, 0.29) is 5.70 Å². The molecule has 7 nitrogen and oxygen atoms in total. The van der Waals surface area contributed by atoms with Crippen molar-refractivity contribution in [3.05, 3.63) is 36.4 Å². The van der Waals surface area contributed by atoms with Crippen LogP contribution in [0.1, 0.15) is 0 Å². The first-order valence-electron chi connectivity index (χ1n) is 4.74. The third-order valence-corrected chi connectivity index (χ3v) is 2.24. The van der Waals surface area contributed by atoms with Crippen molar-refractivity contribution in [2.45, 2.75) is 0 Å². The molecule has 0 unspecified atom stereocenters. The fourth-order valence-corrected chi connectivity index (χ4v) is 1.39. The molecule has 17 heavy (non-hydrogen) atoms. The molecule has 0 bridgehead atoms. The van der Waals surface area contributed by atoms with Crippen molar-refractivity contribution in [2.75, 3.05) is 6.54 Å². The van der Waals surface area contributed by atoms with Crippen LogP contribution in [-0.2, 0) is 4.79 Å². The third kappa shape index (κ3) is 2.17. The summed E-state index contributed by atoms with van der Waals surface area (Å²) in [5.74, 6) is -0.709. The first-order valence-corrected chi connectivity index (χ1v) is 4.74. The number of amides is 1. The Morgan fingerprint density at radius 2 is 2.00 bits per heavy atom. The SMILES string of the molecule is O=C(O)C1=CCN2C=CN(C(=O)O)C=CC2=N1. The van der Waals surface area contributed by atoms with Gasteiger partial charge in [-0.25, -0.2) is 14.6 Å². The van der Waals surface area contributed by atoms with Gasteiger partial charge in [0.2, 0.25) is 0 Å². The Morgan fingerprint density at radius 1 is 1.24 bits per heavy atom. The number of nitrogens with zero attached hydrogens (tertiary/aromatic N) is 3. The molecule has 0 aliphatic carbocycles. The van der Waals surface area contributed by atoms with Crippen LogP contribution in [0.5, 0.6) is 0 Å². The van der Waals surface area contributed by atoms with Crippen molar-refractivity contribution in [1.82, 2.24) is 9.80 Å². The van der Waals surface area contributed by atoms with Crippen LogP contribution in [0.3, 0.4) is 0 Å². The van der Waals surface area contributed by atoms with Gasteiger partial charge in [-0.05, 0) is 12.2 Å². The van der Waals surface area contributed by atoms with Crippen molar-refractivity contribution in [3.8, 4) is 0 Å². The van der Waals surface area contributed by atoms with Crippen LogP contribution >= 0.6 is 0 Å². The Balaban J connectivity index is 2.29. The number of hydrogen-bond donors (Lipinski definition) is 2. The quantitative estimate of drug-likeness (QED) is 0.695. The fraction of sp³-hybridized carbons (Fsp3) is 0.100. The van der Waals surface area contributed by atoms with Crippen LogP contribution in [0.4, 0.5) is 4.79 Å². The molecule has 1 amide bonds. The lowest BCUT2D eigenvalue weighted by molar-refractivity contribution is -0.132. The third-order valence-electron chi connectivity index (χ3n) is 2.24. The molecule has 0 atom stereocenters. The maximum Gasteiger partial charge on any atom is 0.415 e. The van der Waals surface area contributed by atoms with E-state index in [0.717, 1.165) is 4.90 Å². The minimum absolute atomic E-state index is 0.0434. The normalized spacial score (nSPS) is 18.1. The van der Waals surface area contributed by atoms with Gasteiger partial charge in [0.1, 0.15) is 11.5 Å². The molecule has 0 aromatic carbocycles. The molecule has 88 valence electrons. The molecular weight excluding hydrogens is 226 g/mol. The number of carboxylic acid groups (broad SMARTS) is 2. The molecule has 0 fully saturated rings. The van der Waals surface area contributed by atoms with Gasteiger partial charge >= 0.3 is 12.1 Å². The molecule has 2 aliphatic rings. The zero-order chi connectivity index (χ0) is 12.4. The van der Waals surface area contributed by atoms with Gasteiger partial charge in [-0.15, -0.1) is 0 Å². The number of rotatable bonds is 1. The minimum Gasteiger partial charge on any atom is -0.477 e. The van der Waals surface area contributed by atoms with Crippen LogP contribution < -0.4 is 0 Å². The second kappa shape index (κ2) is 4.12. The Bertz CT molecular complexity index is 490. The molecule has 0 aromatic heterocycles. The highest BCUT2D eigenvalue weighted by Gasteiger charge is 2.18. The van der Waals surface area contributed by atoms with Crippen molar-refractivity contribution in [2.24, 2.45) is 4.99 Å². The zero-order valence-corrected chi connectivity index (χ0v) is 8.65. The summed E-state index contributed by atoms with van der Waals surface area (Å²) < 4.78 is 0. The average molecular weight is 235 g/mol. The fourth-order valence-electron chi connectivity index (χ4n) is 1.39. The molecule has 0 saturated carbocycles. The molecular formula is C10H9N3O4. The number of carboxylic acids is 1. The summed E-state index contributed by atoms with van der Waals surface area (Å²) in [6, 6.07) is 0. The second-order valence-corrected chi connectivity index (χ2v) is 3.32. The number of hydrogen-bond acceptors (Lipinski definition) is 4. The van der Waals surface area contributed by atoms with Crippen LogP contribution in [0.15, 0.2) is 41.4 Å². The molecule has 2 rings (SSSR count). The topological polar surface area (TPSA) is 93.4 Å². The van der Waals surface area contributed by atoms with E-state index in [4.69, 9.17) is 10.2 Å². The van der Waals surface area contributed by atoms with Gasteiger partial charge in [-0.3, -0.25) is 4.90 Å². The number of aliphatic carboxylic acids is 1. The van der Waals surface area contributed by atoms with Crippen molar-refractivity contribution < 1.29 is 19.8 Å². The van der Waals surface area contributed by atoms with Crippen LogP contribution in [0, 0.1) is 0 Å². The van der Waals surface area contributed by atoms with E-state index in [1.807, 2.05) is 0 Å². The van der Waals surface area contributed by atoms with Crippen molar-refractivity contribution >= 4 is 17.9 Å². The van der Waals surface area contributed by atoms with Crippen LogP contribution in [0.25, 0.3) is 0 Å². The number of amidine groups is 1. The second-order valence-electron chi connectivity index (χ2n) is 3.32. The largest absolute Gasteiger partial charge is 0.477 e. The maximum absolute atomic E-state index is 10.7. The number of fused-ring (bicyclic) bond motifs is 1. The zero-order valence-electron chi connectivity index (χ0n) is 8.65. The average Bonchev–Trinajstić information content (AvgIpc) is 2.50. The van der Waals surface area contributed by atoms with Gasteiger partial charge in [0, 0.05) is 25.1 Å². The Hall–Kier alpha value is -2.57. The molecule has 2 aliphatic heterocycles. The Labute approximate surface area is 96.3 Å². The molecule has 0 saturated heterocycles. The molecule has 0 aromatic rings. The first kappa shape index (κ1) is 10.9. The molecule has 0 radical (unpaired) electrons. The summed E-state index contributed by atoms with van der Waals surface area (Å²) in [4.78, 5) is 28.0. The summed E-state index contributed by atoms with van der Waals surface area (Å²) >= 11 is 0. The van der Waals surface area contributed by atoms with Gasteiger partial charge < -0.3 is 15.1 Å². The number of aliphatic imine (C=N–C) groups is 1. The minimum atomic E-state index is -1.12. The maximum atomic E-state index is 10.7. The lowest BCUT2D eigenvalue weighted by atomic mass is 10.3. The summed E-state index contributed by atoms with van der Waals surface area (Å²) in [5, 5.41) is 17.6. The Kier molecular flexibility index (Phi) is 2.65. The van der Waals surface area contributed by atoms with E-state index in [2.05, 4.69) is 4.99 Å². The first-order chi connectivity index (χ1) is 8.08. The van der Waals surface area contributed by atoms with Crippen LogP contribution in [0.2, 0.25) is 0 Å². The standard InChI is InChI=1S/C10H9N3O4/c14-9(15)7-1-3-12-5-6-13(10(16)17)4-2-8(12)11-7/h1-2,4-6H,3H2,(H,14,15)(H,16,17). The van der Waals surface area contributed by atoms with Gasteiger partial charge in [0.25, 0.3) is 0 Å². The van der Waals surface area contributed by atoms with Gasteiger partial charge in [0.05, 0.1) is 0 Å². The summed E-state index contributed by atoms with van der Waals surface area (Å²) in [6.07, 6.45) is 5.99. The van der Waals surface area contributed by atoms with Gasteiger partial charge in [-0.2, -0.15) is 0 Å². The molecule has 0 spiro atoms. The Morgan fingerprint density at radius 3 is 2.65 bits per heavy atom. The summed E-state index contributed by atoms with van der Waals surface area (Å²) in [6.45, 7) is 0.342. The van der Waals surface area contributed by atoms with E-state index in [0.29, 0.717) is 12.4 Å². The lowest BCUT2D eigenvalue weighted by Crippen LogP contribution is -2.28. The van der Waals surface area contributed by atoms with Crippen molar-refractivity contribution in [3.63, 3.8) is 0 Å². The predicted molar refractivity (Wildman–Crippen MR) is 58.0 cm³/mol. The molecule has 2 heterocycles. The van der Waals surface area contributed by atoms with Gasteiger partial charge in [-0.1, -0.05) is 0 Å². The van der Waals surface area contributed by atoms with E-state index in [1.165, 1.54) is 30.8 Å². The van der Waals surface area contributed by atoms with Crippen molar-refractivity contribution in [1.29, 1.82) is 0 Å². The number of carbonyl (C=O) groups is 2. The summed E-state index contributed by atoms with van der Waals surface area (Å²) in [7, 11) is 0. The lowest BCUT2D eigenvalue weighted by Gasteiger charge is -2.20. The smallest absolute Gasteiger partial charge is 0.415 e. The molecule has 7 heteroatoms. The highest BCUT2D eigenvalue weighted by molar-refractivity contribution is 6.00. The monoisotopic (exact) mass is 235 g/mol. The highest BCUT2D eigenvalue weighted by Crippen LogP contribution is 2.13. The van der Waals surface area contributed by atoms with Crippen LogP contribution in [-0.4, -0.2) is 44.5 Å². The van der Waals surface area contributed by atoms with E-state index >= 15 is 0 Å². The molecule has 2 N–H and O–H groups in total. The van der Waals surface area contributed by atoms with E-state index in [9.17, 15) is 9.59 Å². The predicted octanol–water partition coefficient (Wildman–Crippen LogP) is 0.648. The van der Waals surface area contributed by atoms with Gasteiger partial charge in [0.15, 0.2) is 0 Å². The van der Waals surface area contributed by atoms with E-state index < -0.39 is 12.1 Å². The highest BCUT2D eigenvalue weighted by atomic mass is 16.4. The van der Waals surface area contributed by atoms with E-state index in [1.54, 1.807) is 4.90 Å². The summed E-state index contributed by atoms with van der Waals surface area (Å²) in [5.41, 5.74) is -0.0434.